The molecule has 1 aromatic heterocycles. The summed E-state index contributed by atoms with van der Waals surface area (Å²) in [6.07, 6.45) is 2.17. The second-order valence-electron chi connectivity index (χ2n) is 5.98. The number of para-hydroxylation sites is 2. The molecule has 3 rings (SSSR count). The summed E-state index contributed by atoms with van der Waals surface area (Å²) in [4.78, 5) is 8.54. The Labute approximate surface area is 163 Å². The smallest absolute Gasteiger partial charge is 0.238 e. The van der Waals surface area contributed by atoms with Gasteiger partial charge in [0.15, 0.2) is 0 Å². The van der Waals surface area contributed by atoms with Gasteiger partial charge in [-0.3, -0.25) is 0 Å². The molecule has 9 heteroatoms. The average Bonchev–Trinajstić information content (AvgIpc) is 2.68. The highest BCUT2D eigenvalue weighted by Gasteiger charge is 2.07. The Kier molecular flexibility index (Phi) is 6.07. The number of ether oxygens (including phenoxy) is 1. The molecule has 0 radical (unpaired) electrons. The van der Waals surface area contributed by atoms with Gasteiger partial charge in [0.1, 0.15) is 23.7 Å². The summed E-state index contributed by atoms with van der Waals surface area (Å²) in [6.45, 7) is 0.625. The molecule has 0 atom stereocenters. The van der Waals surface area contributed by atoms with Crippen molar-refractivity contribution in [2.45, 2.75) is 11.3 Å². The Morgan fingerprint density at radius 1 is 1.04 bits per heavy atom. The van der Waals surface area contributed by atoms with Gasteiger partial charge >= 0.3 is 0 Å². The number of sulfonamides is 1. The Morgan fingerprint density at radius 3 is 2.46 bits per heavy atom. The number of hydrogen-bond acceptors (Lipinski definition) is 7. The molecule has 1 heterocycles. The van der Waals surface area contributed by atoms with Crippen LogP contribution in [0.5, 0.6) is 5.75 Å². The van der Waals surface area contributed by atoms with E-state index in [0.29, 0.717) is 24.6 Å². The number of anilines is 3. The predicted molar refractivity (Wildman–Crippen MR) is 108 cm³/mol. The fourth-order valence-electron chi connectivity index (χ4n) is 2.59. The lowest BCUT2D eigenvalue weighted by Crippen LogP contribution is -2.12. The largest absolute Gasteiger partial charge is 0.495 e. The van der Waals surface area contributed by atoms with E-state index in [-0.39, 0.29) is 4.90 Å². The Bertz CT molecular complexity index is 1040. The van der Waals surface area contributed by atoms with Crippen molar-refractivity contribution in [1.29, 1.82) is 0 Å². The first-order valence-corrected chi connectivity index (χ1v) is 10.1. The van der Waals surface area contributed by atoms with Crippen LogP contribution in [0.1, 0.15) is 5.56 Å². The number of nitrogens with zero attached hydrogens (tertiary/aromatic N) is 2. The van der Waals surface area contributed by atoms with E-state index in [1.807, 2.05) is 24.3 Å². The number of primary sulfonamides is 1. The summed E-state index contributed by atoms with van der Waals surface area (Å²) in [5, 5.41) is 11.5. The molecule has 0 saturated carbocycles. The van der Waals surface area contributed by atoms with Crippen molar-refractivity contribution >= 4 is 27.3 Å². The molecule has 2 aromatic carbocycles. The molecule has 0 bridgehead atoms. The van der Waals surface area contributed by atoms with Gasteiger partial charge in [0.25, 0.3) is 0 Å². The maximum absolute atomic E-state index is 11.3. The Morgan fingerprint density at radius 2 is 1.75 bits per heavy atom. The first kappa shape index (κ1) is 19.6. The number of benzene rings is 2. The van der Waals surface area contributed by atoms with Gasteiger partial charge in [0.05, 0.1) is 17.7 Å². The van der Waals surface area contributed by atoms with Gasteiger partial charge in [-0.15, -0.1) is 0 Å². The Balaban J connectivity index is 1.59. The van der Waals surface area contributed by atoms with Gasteiger partial charge in [-0.25, -0.2) is 23.5 Å². The van der Waals surface area contributed by atoms with E-state index in [0.717, 1.165) is 17.0 Å². The second kappa shape index (κ2) is 8.68. The molecular weight excluding hydrogens is 378 g/mol. The van der Waals surface area contributed by atoms with Crippen LogP contribution in [0.25, 0.3) is 0 Å². The van der Waals surface area contributed by atoms with Crippen LogP contribution in [0.4, 0.5) is 17.3 Å². The van der Waals surface area contributed by atoms with Crippen LogP contribution in [0.3, 0.4) is 0 Å². The number of nitrogens with two attached hydrogens (primary N) is 1. The van der Waals surface area contributed by atoms with E-state index in [1.54, 1.807) is 25.3 Å². The third kappa shape index (κ3) is 5.18. The minimum atomic E-state index is -3.67. The molecule has 0 saturated heterocycles. The number of methoxy groups -OCH3 is 1. The van der Waals surface area contributed by atoms with Gasteiger partial charge in [0, 0.05) is 12.6 Å². The minimum absolute atomic E-state index is 0.104. The zero-order valence-electron chi connectivity index (χ0n) is 15.3. The summed E-state index contributed by atoms with van der Waals surface area (Å²) >= 11 is 0. The van der Waals surface area contributed by atoms with E-state index in [2.05, 4.69) is 20.6 Å². The van der Waals surface area contributed by atoms with Crippen molar-refractivity contribution in [2.75, 3.05) is 24.3 Å². The highest BCUT2D eigenvalue weighted by atomic mass is 32.2. The normalized spacial score (nSPS) is 11.1. The fourth-order valence-corrected chi connectivity index (χ4v) is 3.10. The maximum atomic E-state index is 11.3. The standard InChI is InChI=1S/C19H21N5O3S/c1-27-17-5-3-2-4-16(17)24-19-12-18(22-13-23-19)21-11-10-14-6-8-15(9-7-14)28(20,25)26/h2-9,12-13H,10-11H2,1H3,(H2,20,25,26)(H2,21,22,23,24). The van der Waals surface area contributed by atoms with Gasteiger partial charge in [-0.05, 0) is 36.2 Å². The van der Waals surface area contributed by atoms with Crippen LogP contribution in [0.15, 0.2) is 65.8 Å². The molecule has 4 N–H and O–H groups in total. The predicted octanol–water partition coefficient (Wildman–Crippen LogP) is 2.53. The van der Waals surface area contributed by atoms with Crippen LogP contribution in [0.2, 0.25) is 0 Å². The van der Waals surface area contributed by atoms with Gasteiger partial charge in [-0.2, -0.15) is 0 Å². The summed E-state index contributed by atoms with van der Waals surface area (Å²) < 4.78 is 27.9. The van der Waals surface area contributed by atoms with Crippen molar-refractivity contribution < 1.29 is 13.2 Å². The van der Waals surface area contributed by atoms with Crippen LogP contribution >= 0.6 is 0 Å². The number of aromatic nitrogens is 2. The van der Waals surface area contributed by atoms with Crippen molar-refractivity contribution in [3.63, 3.8) is 0 Å². The lowest BCUT2D eigenvalue weighted by atomic mass is 10.1. The summed E-state index contributed by atoms with van der Waals surface area (Å²) in [6, 6.07) is 15.9. The van der Waals surface area contributed by atoms with E-state index < -0.39 is 10.0 Å². The molecule has 3 aromatic rings. The first-order valence-electron chi connectivity index (χ1n) is 8.53. The highest BCUT2D eigenvalue weighted by Crippen LogP contribution is 2.26. The van der Waals surface area contributed by atoms with E-state index in [1.165, 1.54) is 18.5 Å². The van der Waals surface area contributed by atoms with Crippen LogP contribution in [-0.4, -0.2) is 32.0 Å². The van der Waals surface area contributed by atoms with Crippen LogP contribution in [0, 0.1) is 0 Å². The molecule has 0 amide bonds. The van der Waals surface area contributed by atoms with Gasteiger partial charge < -0.3 is 15.4 Å². The fraction of sp³-hybridized carbons (Fsp3) is 0.158. The average molecular weight is 399 g/mol. The third-order valence-corrected chi connectivity index (χ3v) is 4.94. The molecule has 8 nitrogen and oxygen atoms in total. The van der Waals surface area contributed by atoms with Crippen molar-refractivity contribution in [3.8, 4) is 5.75 Å². The van der Waals surface area contributed by atoms with Gasteiger partial charge in [-0.1, -0.05) is 24.3 Å². The number of hydrogen-bond donors (Lipinski definition) is 3. The SMILES string of the molecule is COc1ccccc1Nc1cc(NCCc2ccc(S(N)(=O)=O)cc2)ncn1. The molecule has 0 aliphatic rings. The third-order valence-electron chi connectivity index (χ3n) is 4.01. The van der Waals surface area contributed by atoms with E-state index >= 15 is 0 Å². The number of nitrogens with one attached hydrogen (secondary N) is 2. The monoisotopic (exact) mass is 399 g/mol. The zero-order chi connectivity index (χ0) is 20.0. The molecule has 0 aliphatic carbocycles. The molecule has 28 heavy (non-hydrogen) atoms. The zero-order valence-corrected chi connectivity index (χ0v) is 16.1. The maximum Gasteiger partial charge on any atom is 0.238 e. The Hall–Kier alpha value is -3.17. The quantitative estimate of drug-likeness (QED) is 0.532. The van der Waals surface area contributed by atoms with E-state index in [4.69, 9.17) is 9.88 Å². The van der Waals surface area contributed by atoms with Crippen molar-refractivity contribution in [3.05, 3.63) is 66.5 Å². The van der Waals surface area contributed by atoms with Crippen molar-refractivity contribution in [1.82, 2.24) is 9.97 Å². The lowest BCUT2D eigenvalue weighted by Gasteiger charge is -2.11. The van der Waals surface area contributed by atoms with Crippen LogP contribution in [-0.2, 0) is 16.4 Å². The first-order chi connectivity index (χ1) is 13.5. The van der Waals surface area contributed by atoms with Gasteiger partial charge in [0.2, 0.25) is 10.0 Å². The molecule has 146 valence electrons. The summed E-state index contributed by atoms with van der Waals surface area (Å²) in [5.74, 6) is 2.03. The minimum Gasteiger partial charge on any atom is -0.495 e. The summed E-state index contributed by atoms with van der Waals surface area (Å²) in [5.41, 5.74) is 1.80. The second-order valence-corrected chi connectivity index (χ2v) is 7.54. The molecule has 0 spiro atoms. The molecule has 0 fully saturated rings. The molecule has 0 unspecified atom stereocenters. The topological polar surface area (TPSA) is 119 Å². The van der Waals surface area contributed by atoms with Crippen molar-refractivity contribution in [2.24, 2.45) is 5.14 Å². The number of rotatable bonds is 8. The van der Waals surface area contributed by atoms with E-state index in [9.17, 15) is 8.42 Å². The highest BCUT2D eigenvalue weighted by molar-refractivity contribution is 7.89. The molecular formula is C19H21N5O3S. The van der Waals surface area contributed by atoms with Crippen LogP contribution < -0.4 is 20.5 Å². The molecule has 0 aliphatic heterocycles. The summed E-state index contributed by atoms with van der Waals surface area (Å²) in [7, 11) is -2.05. The lowest BCUT2D eigenvalue weighted by molar-refractivity contribution is 0.417.